The van der Waals surface area contributed by atoms with Crippen molar-refractivity contribution in [3.05, 3.63) is 65.2 Å². The van der Waals surface area contributed by atoms with Gasteiger partial charge >= 0.3 is 0 Å². The molecule has 3 aliphatic rings. The fraction of sp³-hybridized carbons (Fsp3) is 0.375. The van der Waals surface area contributed by atoms with Gasteiger partial charge < -0.3 is 0 Å². The van der Waals surface area contributed by atoms with Crippen LogP contribution < -0.4 is 4.90 Å². The van der Waals surface area contributed by atoms with Gasteiger partial charge in [-0.3, -0.25) is 19.3 Å². The summed E-state index contributed by atoms with van der Waals surface area (Å²) in [5.74, 6) is -1.45. The summed E-state index contributed by atoms with van der Waals surface area (Å²) in [5.41, 5.74) is 3.37. The molecule has 0 N–H and O–H groups in total. The van der Waals surface area contributed by atoms with Crippen molar-refractivity contribution in [3.63, 3.8) is 0 Å². The second-order valence-corrected chi connectivity index (χ2v) is 8.52. The van der Waals surface area contributed by atoms with Crippen molar-refractivity contribution in [2.24, 2.45) is 11.8 Å². The van der Waals surface area contributed by atoms with E-state index in [0.717, 1.165) is 30.5 Å². The maximum absolute atomic E-state index is 13.5. The van der Waals surface area contributed by atoms with Gasteiger partial charge in [-0.05, 0) is 45.4 Å². The Morgan fingerprint density at radius 1 is 0.862 bits per heavy atom. The highest BCUT2D eigenvalue weighted by Crippen LogP contribution is 2.48. The summed E-state index contributed by atoms with van der Waals surface area (Å²) in [6, 6.07) is 14.4. The maximum atomic E-state index is 13.5. The van der Waals surface area contributed by atoms with Crippen LogP contribution in [-0.4, -0.2) is 41.1 Å². The van der Waals surface area contributed by atoms with Crippen LogP contribution in [0.1, 0.15) is 34.3 Å². The van der Waals surface area contributed by atoms with Gasteiger partial charge in [0, 0.05) is 11.6 Å². The van der Waals surface area contributed by atoms with E-state index < -0.39 is 17.9 Å². The van der Waals surface area contributed by atoms with Gasteiger partial charge in [0.1, 0.15) is 0 Å². The molecule has 3 heterocycles. The minimum atomic E-state index is -0.595. The van der Waals surface area contributed by atoms with Crippen molar-refractivity contribution in [3.8, 4) is 0 Å². The summed E-state index contributed by atoms with van der Waals surface area (Å²) in [4.78, 5) is 43.7. The van der Waals surface area contributed by atoms with Gasteiger partial charge in [-0.1, -0.05) is 47.5 Å². The lowest BCUT2D eigenvalue weighted by Crippen LogP contribution is -2.46. The summed E-state index contributed by atoms with van der Waals surface area (Å²) in [6.45, 7) is 4.72. The van der Waals surface area contributed by atoms with E-state index in [1.165, 1.54) is 4.90 Å². The van der Waals surface area contributed by atoms with Crippen LogP contribution in [0.3, 0.4) is 0 Å². The molecule has 3 aliphatic heterocycles. The smallest absolute Gasteiger partial charge is 0.239 e. The topological polar surface area (TPSA) is 57.7 Å². The molecule has 0 radical (unpaired) electrons. The third-order valence-electron chi connectivity index (χ3n) is 6.75. The predicted octanol–water partition coefficient (Wildman–Crippen LogP) is 3.14. The van der Waals surface area contributed by atoms with Crippen LogP contribution in [0.25, 0.3) is 0 Å². The molecule has 2 aromatic carbocycles. The Kier molecular flexibility index (Phi) is 4.17. The molecule has 3 fully saturated rings. The number of benzene rings is 2. The molecule has 0 saturated carbocycles. The molecule has 4 atom stereocenters. The summed E-state index contributed by atoms with van der Waals surface area (Å²) in [6.07, 6.45) is 1.82. The zero-order valence-corrected chi connectivity index (χ0v) is 16.7. The maximum Gasteiger partial charge on any atom is 0.239 e. The minimum absolute atomic E-state index is 0.0219. The fourth-order valence-electron chi connectivity index (χ4n) is 5.35. The van der Waals surface area contributed by atoms with Crippen LogP contribution in [0.2, 0.25) is 0 Å². The van der Waals surface area contributed by atoms with Gasteiger partial charge in [-0.15, -0.1) is 0 Å². The van der Waals surface area contributed by atoms with E-state index in [-0.39, 0.29) is 23.6 Å². The Hall–Kier alpha value is -2.79. The number of aryl methyl sites for hydroxylation is 2. The Bertz CT molecular complexity index is 996. The molecule has 3 saturated heterocycles. The molecule has 0 aromatic heterocycles. The van der Waals surface area contributed by atoms with Crippen LogP contribution in [0, 0.1) is 25.7 Å². The molecule has 2 amide bonds. The SMILES string of the molecule is Cc1ccc(C(=O)[C@@H]2[C@@H]3C(=O)N(c4ccc(C)cc4)C(=O)[C@@H]3[C@@H]3CCCN23)cc1. The quantitative estimate of drug-likeness (QED) is 0.599. The zero-order chi connectivity index (χ0) is 20.3. The second kappa shape index (κ2) is 6.63. The van der Waals surface area contributed by atoms with E-state index in [0.29, 0.717) is 11.3 Å². The number of Topliss-reactive ketones (excluding diaryl/α,β-unsaturated/α-hetero) is 1. The highest BCUT2D eigenvalue weighted by Gasteiger charge is 2.64. The van der Waals surface area contributed by atoms with E-state index in [9.17, 15) is 14.4 Å². The van der Waals surface area contributed by atoms with Gasteiger partial charge in [0.2, 0.25) is 11.8 Å². The van der Waals surface area contributed by atoms with Crippen molar-refractivity contribution in [1.29, 1.82) is 0 Å². The van der Waals surface area contributed by atoms with Gasteiger partial charge in [0.05, 0.1) is 23.6 Å². The number of ketones is 1. The average Bonchev–Trinajstić information content (AvgIpc) is 3.35. The third kappa shape index (κ3) is 2.68. The summed E-state index contributed by atoms with van der Waals surface area (Å²) >= 11 is 0. The molecule has 5 nitrogen and oxygen atoms in total. The van der Waals surface area contributed by atoms with Crippen LogP contribution in [0.5, 0.6) is 0 Å². The zero-order valence-electron chi connectivity index (χ0n) is 16.7. The van der Waals surface area contributed by atoms with Gasteiger partial charge in [0.15, 0.2) is 5.78 Å². The lowest BCUT2D eigenvalue weighted by Gasteiger charge is -2.27. The summed E-state index contributed by atoms with van der Waals surface area (Å²) in [7, 11) is 0. The highest BCUT2D eigenvalue weighted by molar-refractivity contribution is 6.24. The Morgan fingerprint density at radius 3 is 2.10 bits per heavy atom. The van der Waals surface area contributed by atoms with Crippen molar-refractivity contribution in [2.45, 2.75) is 38.8 Å². The first kappa shape index (κ1) is 18.3. The molecular weight excluding hydrogens is 364 g/mol. The van der Waals surface area contributed by atoms with Crippen LogP contribution in [0.15, 0.2) is 48.5 Å². The van der Waals surface area contributed by atoms with Gasteiger partial charge in [-0.2, -0.15) is 0 Å². The first-order valence-corrected chi connectivity index (χ1v) is 10.3. The second-order valence-electron chi connectivity index (χ2n) is 8.52. The number of hydrogen-bond acceptors (Lipinski definition) is 4. The fourth-order valence-corrected chi connectivity index (χ4v) is 5.35. The van der Waals surface area contributed by atoms with Crippen molar-refractivity contribution < 1.29 is 14.4 Å². The van der Waals surface area contributed by atoms with Gasteiger partial charge in [0.25, 0.3) is 0 Å². The molecule has 5 heteroatoms. The van der Waals surface area contributed by atoms with Crippen molar-refractivity contribution in [1.82, 2.24) is 4.90 Å². The van der Waals surface area contributed by atoms with E-state index >= 15 is 0 Å². The predicted molar refractivity (Wildman–Crippen MR) is 110 cm³/mol. The molecule has 0 unspecified atom stereocenters. The highest BCUT2D eigenvalue weighted by atomic mass is 16.2. The lowest BCUT2D eigenvalue weighted by molar-refractivity contribution is -0.123. The molecule has 2 aromatic rings. The van der Waals surface area contributed by atoms with E-state index in [4.69, 9.17) is 0 Å². The number of imide groups is 1. The Labute approximate surface area is 170 Å². The number of anilines is 1. The van der Waals surface area contributed by atoms with Crippen molar-refractivity contribution in [2.75, 3.05) is 11.4 Å². The largest absolute Gasteiger partial charge is 0.292 e. The van der Waals surface area contributed by atoms with Crippen LogP contribution >= 0.6 is 0 Å². The van der Waals surface area contributed by atoms with Crippen LogP contribution in [-0.2, 0) is 9.59 Å². The standard InChI is InChI=1S/C24H24N2O3/c1-14-5-9-16(10-6-14)22(27)21-20-19(18-4-3-13-25(18)21)23(28)26(24(20)29)17-11-7-15(2)8-12-17/h5-12,18-21H,3-4,13H2,1-2H3/t18-,19+,20+,21-/m0/s1. The van der Waals surface area contributed by atoms with E-state index in [1.807, 2.05) is 62.4 Å². The first-order valence-electron chi connectivity index (χ1n) is 10.3. The van der Waals surface area contributed by atoms with Gasteiger partial charge in [-0.25, -0.2) is 4.90 Å². The molecule has 29 heavy (non-hydrogen) atoms. The molecule has 5 rings (SSSR count). The number of hydrogen-bond donors (Lipinski definition) is 0. The number of fused-ring (bicyclic) bond motifs is 3. The minimum Gasteiger partial charge on any atom is -0.292 e. The molecule has 0 bridgehead atoms. The molecule has 0 spiro atoms. The number of rotatable bonds is 3. The molecule has 148 valence electrons. The third-order valence-corrected chi connectivity index (χ3v) is 6.75. The molecular formula is C24H24N2O3. The molecule has 0 aliphatic carbocycles. The summed E-state index contributed by atoms with van der Waals surface area (Å²) in [5, 5.41) is 0. The normalized spacial score (nSPS) is 28.7. The van der Waals surface area contributed by atoms with E-state index in [1.54, 1.807) is 0 Å². The van der Waals surface area contributed by atoms with Crippen molar-refractivity contribution >= 4 is 23.3 Å². The Morgan fingerprint density at radius 2 is 1.45 bits per heavy atom. The Balaban J connectivity index is 1.54. The van der Waals surface area contributed by atoms with E-state index in [2.05, 4.69) is 4.90 Å². The summed E-state index contributed by atoms with van der Waals surface area (Å²) < 4.78 is 0. The first-order chi connectivity index (χ1) is 14.0. The number of carbonyl (C=O) groups excluding carboxylic acids is 3. The lowest BCUT2D eigenvalue weighted by atomic mass is 9.85. The number of carbonyl (C=O) groups is 3. The average molecular weight is 388 g/mol. The van der Waals surface area contributed by atoms with Crippen LogP contribution in [0.4, 0.5) is 5.69 Å². The number of nitrogens with zero attached hydrogens (tertiary/aromatic N) is 2. The monoisotopic (exact) mass is 388 g/mol. The number of amides is 2.